The van der Waals surface area contributed by atoms with Crippen molar-refractivity contribution in [1.29, 1.82) is 5.26 Å². The van der Waals surface area contributed by atoms with Gasteiger partial charge in [-0.05, 0) is 57.5 Å². The third-order valence-corrected chi connectivity index (χ3v) is 6.49. The molecule has 3 aliphatic heterocycles. The molecule has 148 valence electrons. The van der Waals surface area contributed by atoms with Crippen molar-refractivity contribution in [3.8, 4) is 6.07 Å². The van der Waals surface area contributed by atoms with Crippen LogP contribution in [0.15, 0.2) is 24.4 Å². The first-order valence-electron chi connectivity index (χ1n) is 10.5. The second-order valence-electron chi connectivity index (χ2n) is 8.37. The normalized spacial score (nSPS) is 31.1. The zero-order chi connectivity index (χ0) is 19.1. The Morgan fingerprint density at radius 2 is 2.21 bits per heavy atom. The summed E-state index contributed by atoms with van der Waals surface area (Å²) < 4.78 is 8.09. The highest BCUT2D eigenvalue weighted by molar-refractivity contribution is 5.74. The van der Waals surface area contributed by atoms with Gasteiger partial charge in [-0.25, -0.2) is 4.52 Å². The molecule has 3 aliphatic rings. The molecule has 5 heterocycles. The summed E-state index contributed by atoms with van der Waals surface area (Å²) in [6.07, 6.45) is 5.97. The third-order valence-electron chi connectivity index (χ3n) is 6.49. The number of nitrogens with zero attached hydrogens (tertiary/aromatic N) is 5. The van der Waals surface area contributed by atoms with Gasteiger partial charge in [0, 0.05) is 31.7 Å². The van der Waals surface area contributed by atoms with Crippen LogP contribution in [0.3, 0.4) is 0 Å². The summed E-state index contributed by atoms with van der Waals surface area (Å²) in [5.74, 6) is 0. The number of hydrogen-bond donors (Lipinski definition) is 1. The van der Waals surface area contributed by atoms with Gasteiger partial charge in [-0.2, -0.15) is 10.4 Å². The van der Waals surface area contributed by atoms with Gasteiger partial charge < -0.3 is 15.0 Å². The Bertz CT molecular complexity index is 889. The summed E-state index contributed by atoms with van der Waals surface area (Å²) in [5.41, 5.74) is 2.69. The van der Waals surface area contributed by atoms with Crippen LogP contribution in [-0.2, 0) is 4.74 Å². The monoisotopic (exact) mass is 380 g/mol. The molecule has 4 atom stereocenters. The highest BCUT2D eigenvalue weighted by atomic mass is 16.5. The SMILES string of the molecule is C[C@@H]1CN(c2ccc(C#N)n3nccc23)C[C@H](CN2CCC[C@@H]3NCC[C@@H]32)O1. The molecular formula is C21H28N6O. The Hall–Kier alpha value is -2.14. The molecule has 28 heavy (non-hydrogen) atoms. The fraction of sp³-hybridized carbons (Fsp3) is 0.619. The maximum atomic E-state index is 9.34. The summed E-state index contributed by atoms with van der Waals surface area (Å²) in [5, 5.41) is 17.3. The number of rotatable bonds is 3. The van der Waals surface area contributed by atoms with Crippen LogP contribution < -0.4 is 10.2 Å². The van der Waals surface area contributed by atoms with Crippen LogP contribution in [0, 0.1) is 11.3 Å². The molecule has 0 aromatic carbocycles. The van der Waals surface area contributed by atoms with Gasteiger partial charge in [0.15, 0.2) is 0 Å². The van der Waals surface area contributed by atoms with Crippen molar-refractivity contribution in [1.82, 2.24) is 19.8 Å². The van der Waals surface area contributed by atoms with Crippen molar-refractivity contribution in [2.75, 3.05) is 37.6 Å². The van der Waals surface area contributed by atoms with E-state index in [1.807, 2.05) is 12.1 Å². The lowest BCUT2D eigenvalue weighted by molar-refractivity contribution is -0.0425. The smallest absolute Gasteiger partial charge is 0.142 e. The Morgan fingerprint density at radius 1 is 1.29 bits per heavy atom. The average Bonchev–Trinajstić information content (AvgIpc) is 3.36. The van der Waals surface area contributed by atoms with E-state index in [-0.39, 0.29) is 12.2 Å². The number of hydrogen-bond acceptors (Lipinski definition) is 6. The summed E-state index contributed by atoms with van der Waals surface area (Å²) in [4.78, 5) is 5.06. The van der Waals surface area contributed by atoms with Crippen LogP contribution in [0.2, 0.25) is 0 Å². The Kier molecular flexibility index (Phi) is 4.71. The van der Waals surface area contributed by atoms with Crippen LogP contribution in [0.5, 0.6) is 0 Å². The van der Waals surface area contributed by atoms with Gasteiger partial charge in [-0.3, -0.25) is 4.90 Å². The van der Waals surface area contributed by atoms with Gasteiger partial charge in [0.2, 0.25) is 0 Å². The number of fused-ring (bicyclic) bond motifs is 2. The number of aromatic nitrogens is 2. The number of nitriles is 1. The predicted octanol–water partition coefficient (Wildman–Crippen LogP) is 1.63. The summed E-state index contributed by atoms with van der Waals surface area (Å²) in [6.45, 7) is 7.21. The van der Waals surface area contributed by atoms with Crippen LogP contribution in [0.1, 0.15) is 31.9 Å². The number of nitrogens with one attached hydrogen (secondary N) is 1. The molecule has 3 saturated heterocycles. The molecule has 0 aliphatic carbocycles. The van der Waals surface area contributed by atoms with Crippen molar-refractivity contribution >= 4 is 11.2 Å². The van der Waals surface area contributed by atoms with Crippen molar-refractivity contribution in [2.45, 2.75) is 50.5 Å². The lowest BCUT2D eigenvalue weighted by atomic mass is 9.97. The molecule has 1 N–H and O–H groups in total. The minimum Gasteiger partial charge on any atom is -0.370 e. The molecule has 2 aromatic rings. The molecule has 0 saturated carbocycles. The molecule has 0 radical (unpaired) electrons. The number of ether oxygens (including phenoxy) is 1. The number of pyridine rings is 1. The molecule has 3 fully saturated rings. The molecule has 7 nitrogen and oxygen atoms in total. The highest BCUT2D eigenvalue weighted by Gasteiger charge is 2.37. The second kappa shape index (κ2) is 7.36. The van der Waals surface area contributed by atoms with E-state index in [0.717, 1.165) is 37.4 Å². The Balaban J connectivity index is 1.36. The van der Waals surface area contributed by atoms with Crippen LogP contribution in [0.25, 0.3) is 5.52 Å². The number of piperidine rings is 1. The summed E-state index contributed by atoms with van der Waals surface area (Å²) in [6, 6.07) is 9.47. The van der Waals surface area contributed by atoms with E-state index in [1.165, 1.54) is 25.8 Å². The number of morpholine rings is 1. The van der Waals surface area contributed by atoms with E-state index >= 15 is 0 Å². The standard InChI is InChI=1S/C21H28N6O/c1-15-12-26(20-5-4-16(11-22)27-21(20)7-9-24-27)14-17(28-15)13-25-10-2-3-18-19(25)6-8-23-18/h4-5,7,9,15,17-19,23H,2-3,6,8,10,12-14H2,1H3/t15-,17+,18+,19+/m1/s1. The van der Waals surface area contributed by atoms with Gasteiger partial charge >= 0.3 is 0 Å². The van der Waals surface area contributed by atoms with E-state index in [9.17, 15) is 5.26 Å². The molecule has 5 rings (SSSR count). The molecule has 7 heteroatoms. The number of likely N-dealkylation sites (tertiary alicyclic amines) is 1. The maximum absolute atomic E-state index is 9.34. The Morgan fingerprint density at radius 3 is 3.11 bits per heavy atom. The zero-order valence-electron chi connectivity index (χ0n) is 16.4. The van der Waals surface area contributed by atoms with Crippen LogP contribution >= 0.6 is 0 Å². The minimum atomic E-state index is 0.180. The van der Waals surface area contributed by atoms with E-state index < -0.39 is 0 Å². The molecular weight excluding hydrogens is 352 g/mol. The maximum Gasteiger partial charge on any atom is 0.142 e. The lowest BCUT2D eigenvalue weighted by Gasteiger charge is -2.43. The quantitative estimate of drug-likeness (QED) is 0.873. The van der Waals surface area contributed by atoms with Crippen molar-refractivity contribution in [2.24, 2.45) is 0 Å². The van der Waals surface area contributed by atoms with E-state index in [0.29, 0.717) is 17.8 Å². The van der Waals surface area contributed by atoms with E-state index in [2.05, 4.69) is 39.3 Å². The van der Waals surface area contributed by atoms with Crippen LogP contribution in [-0.4, -0.2) is 71.5 Å². The fourth-order valence-corrected chi connectivity index (χ4v) is 5.35. The van der Waals surface area contributed by atoms with Crippen LogP contribution in [0.4, 0.5) is 5.69 Å². The summed E-state index contributed by atoms with van der Waals surface area (Å²) in [7, 11) is 0. The largest absolute Gasteiger partial charge is 0.370 e. The van der Waals surface area contributed by atoms with Gasteiger partial charge in [0.25, 0.3) is 0 Å². The average molecular weight is 380 g/mol. The van der Waals surface area contributed by atoms with Crippen molar-refractivity contribution < 1.29 is 4.74 Å². The highest BCUT2D eigenvalue weighted by Crippen LogP contribution is 2.29. The minimum absolute atomic E-state index is 0.180. The first kappa shape index (κ1) is 17.9. The molecule has 0 spiro atoms. The van der Waals surface area contributed by atoms with Gasteiger partial charge in [-0.1, -0.05) is 0 Å². The lowest BCUT2D eigenvalue weighted by Crippen LogP contribution is -2.55. The van der Waals surface area contributed by atoms with Gasteiger partial charge in [0.1, 0.15) is 11.8 Å². The molecule has 0 unspecified atom stereocenters. The topological polar surface area (TPSA) is 68.8 Å². The zero-order valence-corrected chi connectivity index (χ0v) is 16.4. The third kappa shape index (κ3) is 3.16. The molecule has 0 bridgehead atoms. The molecule has 0 amide bonds. The predicted molar refractivity (Wildman–Crippen MR) is 107 cm³/mol. The van der Waals surface area contributed by atoms with Gasteiger partial charge in [0.05, 0.1) is 29.6 Å². The summed E-state index contributed by atoms with van der Waals surface area (Å²) >= 11 is 0. The fourth-order valence-electron chi connectivity index (χ4n) is 5.35. The Labute approximate surface area is 165 Å². The number of anilines is 1. The second-order valence-corrected chi connectivity index (χ2v) is 8.37. The van der Waals surface area contributed by atoms with Gasteiger partial charge in [-0.15, -0.1) is 0 Å². The first-order chi connectivity index (χ1) is 13.7. The van der Waals surface area contributed by atoms with E-state index in [4.69, 9.17) is 4.74 Å². The molecule has 2 aromatic heterocycles. The van der Waals surface area contributed by atoms with E-state index in [1.54, 1.807) is 10.7 Å². The first-order valence-corrected chi connectivity index (χ1v) is 10.5. The van der Waals surface area contributed by atoms with Crippen molar-refractivity contribution in [3.05, 3.63) is 30.1 Å². The van der Waals surface area contributed by atoms with Crippen molar-refractivity contribution in [3.63, 3.8) is 0 Å².